The Labute approximate surface area is 163 Å². The highest BCUT2D eigenvalue weighted by molar-refractivity contribution is 6.30. The maximum atomic E-state index is 12.2. The molecule has 1 aromatic heterocycles. The maximum absolute atomic E-state index is 12.2. The Kier molecular flexibility index (Phi) is 6.28. The van der Waals surface area contributed by atoms with Gasteiger partial charge in [-0.05, 0) is 54.4 Å². The van der Waals surface area contributed by atoms with Crippen molar-refractivity contribution in [1.82, 2.24) is 4.98 Å². The van der Waals surface area contributed by atoms with Crippen LogP contribution >= 0.6 is 11.6 Å². The number of anilines is 2. The molecule has 1 heterocycles. The molecule has 0 radical (unpaired) electrons. The van der Waals surface area contributed by atoms with Gasteiger partial charge in [-0.1, -0.05) is 29.8 Å². The van der Waals surface area contributed by atoms with Gasteiger partial charge in [0.1, 0.15) is 11.4 Å². The predicted octanol–water partition coefficient (Wildman–Crippen LogP) is 4.65. The normalized spacial score (nSPS) is 10.3. The third kappa shape index (κ3) is 5.46. The van der Waals surface area contributed by atoms with Crippen molar-refractivity contribution in [1.29, 1.82) is 0 Å². The fraction of sp³-hybridized carbons (Fsp3) is 0.143. The lowest BCUT2D eigenvalue weighted by Crippen LogP contribution is -2.14. The topological polar surface area (TPSA) is 63.2 Å². The first-order valence-corrected chi connectivity index (χ1v) is 8.91. The van der Waals surface area contributed by atoms with Crippen molar-refractivity contribution >= 4 is 28.9 Å². The van der Waals surface area contributed by atoms with E-state index in [1.807, 2.05) is 24.3 Å². The predicted molar refractivity (Wildman–Crippen MR) is 109 cm³/mol. The zero-order valence-electron chi connectivity index (χ0n) is 14.9. The van der Waals surface area contributed by atoms with Crippen LogP contribution in [0.3, 0.4) is 0 Å². The first-order chi connectivity index (χ1) is 13.1. The van der Waals surface area contributed by atoms with E-state index in [1.165, 1.54) is 5.56 Å². The monoisotopic (exact) mass is 381 g/mol. The van der Waals surface area contributed by atoms with Gasteiger partial charge in [-0.15, -0.1) is 0 Å². The summed E-state index contributed by atoms with van der Waals surface area (Å²) in [6.45, 7) is 0.753. The smallest absolute Gasteiger partial charge is 0.274 e. The van der Waals surface area contributed by atoms with Crippen molar-refractivity contribution in [3.63, 3.8) is 0 Å². The first kappa shape index (κ1) is 18.7. The van der Waals surface area contributed by atoms with Crippen LogP contribution in [0.25, 0.3) is 0 Å². The summed E-state index contributed by atoms with van der Waals surface area (Å²) < 4.78 is 5.23. The molecule has 3 rings (SSSR count). The number of hydrogen-bond acceptors (Lipinski definition) is 4. The summed E-state index contributed by atoms with van der Waals surface area (Å²) in [5.74, 6) is 0.574. The zero-order valence-corrected chi connectivity index (χ0v) is 15.7. The minimum Gasteiger partial charge on any atom is -0.497 e. The van der Waals surface area contributed by atoms with Crippen molar-refractivity contribution in [2.75, 3.05) is 24.3 Å². The quantitative estimate of drug-likeness (QED) is 0.625. The molecule has 2 N–H and O–H groups in total. The summed E-state index contributed by atoms with van der Waals surface area (Å²) in [5, 5.41) is 6.64. The Balaban J connectivity index is 1.53. The number of carbonyl (C=O) groups excluding carboxylic acids is 1. The van der Waals surface area contributed by atoms with E-state index in [1.54, 1.807) is 43.6 Å². The van der Waals surface area contributed by atoms with E-state index in [4.69, 9.17) is 16.3 Å². The molecule has 5 nitrogen and oxygen atoms in total. The Bertz CT molecular complexity index is 913. The number of benzene rings is 2. The third-order valence-electron chi connectivity index (χ3n) is 3.96. The van der Waals surface area contributed by atoms with Crippen LogP contribution in [0.1, 0.15) is 16.1 Å². The molecule has 0 atom stereocenters. The van der Waals surface area contributed by atoms with Crippen LogP contribution in [-0.4, -0.2) is 24.5 Å². The number of nitrogens with one attached hydrogen (secondary N) is 2. The highest BCUT2D eigenvalue weighted by atomic mass is 35.5. The molecule has 27 heavy (non-hydrogen) atoms. The van der Waals surface area contributed by atoms with E-state index >= 15 is 0 Å². The van der Waals surface area contributed by atoms with Crippen LogP contribution in [0.2, 0.25) is 5.02 Å². The maximum Gasteiger partial charge on any atom is 0.274 e. The third-order valence-corrected chi connectivity index (χ3v) is 4.19. The number of hydrogen-bond donors (Lipinski definition) is 2. The molecule has 0 saturated heterocycles. The van der Waals surface area contributed by atoms with Crippen LogP contribution in [0.4, 0.5) is 11.4 Å². The second-order valence-corrected chi connectivity index (χ2v) is 6.36. The summed E-state index contributed by atoms with van der Waals surface area (Å²) in [6.07, 6.45) is 2.51. The molecular formula is C21H20ClN3O2. The number of carbonyl (C=O) groups is 1. The van der Waals surface area contributed by atoms with Gasteiger partial charge in [0.05, 0.1) is 19.0 Å². The summed E-state index contributed by atoms with van der Waals surface area (Å²) >= 11 is 5.92. The summed E-state index contributed by atoms with van der Waals surface area (Å²) in [7, 11) is 1.66. The highest BCUT2D eigenvalue weighted by Crippen LogP contribution is 2.16. The number of ether oxygens (including phenoxy) is 1. The molecule has 0 aliphatic rings. The second-order valence-electron chi connectivity index (χ2n) is 5.92. The average Bonchev–Trinajstić information content (AvgIpc) is 2.69. The van der Waals surface area contributed by atoms with Crippen molar-refractivity contribution in [2.24, 2.45) is 0 Å². The Morgan fingerprint density at radius 1 is 1.07 bits per heavy atom. The lowest BCUT2D eigenvalue weighted by molar-refractivity contribution is 0.102. The molecule has 0 saturated carbocycles. The molecule has 1 amide bonds. The Morgan fingerprint density at radius 3 is 2.67 bits per heavy atom. The summed E-state index contributed by atoms with van der Waals surface area (Å²) in [4.78, 5) is 16.5. The van der Waals surface area contributed by atoms with E-state index in [2.05, 4.69) is 21.7 Å². The SMILES string of the molecule is COc1cccc(CCNc2ccc(C(=O)Nc3cccc(Cl)c3)nc2)c1. The summed E-state index contributed by atoms with van der Waals surface area (Å²) in [6, 6.07) is 18.5. The summed E-state index contributed by atoms with van der Waals surface area (Å²) in [5.41, 5.74) is 3.02. The van der Waals surface area contributed by atoms with E-state index in [9.17, 15) is 4.79 Å². The van der Waals surface area contributed by atoms with Crippen LogP contribution in [0, 0.1) is 0 Å². The Hall–Kier alpha value is -3.05. The van der Waals surface area contributed by atoms with Crippen molar-refractivity contribution < 1.29 is 9.53 Å². The van der Waals surface area contributed by atoms with Crippen molar-refractivity contribution in [3.05, 3.63) is 83.1 Å². The number of halogens is 1. The molecule has 3 aromatic rings. The number of pyridine rings is 1. The number of rotatable bonds is 7. The molecule has 0 aliphatic carbocycles. The minimum atomic E-state index is -0.278. The van der Waals surface area contributed by atoms with E-state index in [0.29, 0.717) is 16.4 Å². The average molecular weight is 382 g/mol. The largest absolute Gasteiger partial charge is 0.497 e. The van der Waals surface area contributed by atoms with Crippen molar-refractivity contribution in [3.8, 4) is 5.75 Å². The van der Waals surface area contributed by atoms with Crippen LogP contribution in [0.5, 0.6) is 5.75 Å². The van der Waals surface area contributed by atoms with Gasteiger partial charge < -0.3 is 15.4 Å². The van der Waals surface area contributed by atoms with Gasteiger partial charge in [-0.2, -0.15) is 0 Å². The van der Waals surface area contributed by atoms with Gasteiger partial charge in [0.25, 0.3) is 5.91 Å². The standard InChI is InChI=1S/C21H20ClN3O2/c1-27-19-7-2-4-15(12-19)10-11-23-18-8-9-20(24-14-18)21(26)25-17-6-3-5-16(22)13-17/h2-9,12-14,23H,10-11H2,1H3,(H,25,26). The zero-order chi connectivity index (χ0) is 19.1. The molecule has 0 aliphatic heterocycles. The van der Waals surface area contributed by atoms with Crippen LogP contribution < -0.4 is 15.4 Å². The molecule has 0 bridgehead atoms. The number of nitrogens with zero attached hydrogens (tertiary/aromatic N) is 1. The number of methoxy groups -OCH3 is 1. The van der Waals surface area contributed by atoms with Crippen LogP contribution in [0.15, 0.2) is 66.9 Å². The fourth-order valence-corrected chi connectivity index (χ4v) is 2.76. The van der Waals surface area contributed by atoms with Gasteiger partial charge in [0.2, 0.25) is 0 Å². The fourth-order valence-electron chi connectivity index (χ4n) is 2.57. The Morgan fingerprint density at radius 2 is 1.93 bits per heavy atom. The molecule has 138 valence electrons. The molecule has 2 aromatic carbocycles. The van der Waals surface area contributed by atoms with Crippen LogP contribution in [-0.2, 0) is 6.42 Å². The number of aromatic nitrogens is 1. The van der Waals surface area contributed by atoms with E-state index < -0.39 is 0 Å². The molecular weight excluding hydrogens is 362 g/mol. The lowest BCUT2D eigenvalue weighted by Gasteiger charge is -2.09. The molecule has 0 spiro atoms. The molecule has 0 unspecified atom stereocenters. The van der Waals surface area contributed by atoms with Crippen molar-refractivity contribution in [2.45, 2.75) is 6.42 Å². The van der Waals surface area contributed by atoms with Gasteiger partial charge >= 0.3 is 0 Å². The molecule has 6 heteroatoms. The van der Waals surface area contributed by atoms with Gasteiger partial charge in [-0.3, -0.25) is 4.79 Å². The van der Waals surface area contributed by atoms with Gasteiger partial charge in [0.15, 0.2) is 0 Å². The number of amides is 1. The van der Waals surface area contributed by atoms with E-state index in [-0.39, 0.29) is 5.91 Å². The molecule has 0 fully saturated rings. The van der Waals surface area contributed by atoms with E-state index in [0.717, 1.165) is 24.4 Å². The minimum absolute atomic E-state index is 0.278. The highest BCUT2D eigenvalue weighted by Gasteiger charge is 2.08. The second kappa shape index (κ2) is 9.05. The van der Waals surface area contributed by atoms with Gasteiger partial charge in [-0.25, -0.2) is 4.98 Å². The van der Waals surface area contributed by atoms with Gasteiger partial charge in [0, 0.05) is 17.3 Å². The first-order valence-electron chi connectivity index (χ1n) is 8.54. The lowest BCUT2D eigenvalue weighted by atomic mass is 10.1.